The molecule has 0 aliphatic heterocycles. The van der Waals surface area contributed by atoms with Crippen LogP contribution in [-0.2, 0) is 19.1 Å². The summed E-state index contributed by atoms with van der Waals surface area (Å²) in [6.45, 7) is 0. The van der Waals surface area contributed by atoms with Gasteiger partial charge in [0.05, 0.1) is 12.8 Å². The molecule has 2 unspecified atom stereocenters. The van der Waals surface area contributed by atoms with Crippen molar-refractivity contribution in [3.63, 3.8) is 0 Å². The van der Waals surface area contributed by atoms with Crippen molar-refractivity contribution in [1.29, 1.82) is 10.5 Å². The fourth-order valence-corrected chi connectivity index (χ4v) is 3.65. The number of carbonyl (C=O) groups excluding carboxylic acids is 2. The van der Waals surface area contributed by atoms with E-state index in [-0.39, 0.29) is 12.8 Å². The Morgan fingerprint density at radius 1 is 0.550 bits per heavy atom. The molecular formula is C32H24N2O6. The topological polar surface area (TPSA) is 119 Å². The van der Waals surface area contributed by atoms with Gasteiger partial charge in [-0.25, -0.2) is 0 Å². The van der Waals surface area contributed by atoms with Gasteiger partial charge in [-0.2, -0.15) is 10.5 Å². The van der Waals surface area contributed by atoms with Crippen molar-refractivity contribution >= 4 is 11.9 Å². The number of esters is 2. The van der Waals surface area contributed by atoms with E-state index in [1.165, 1.54) is 0 Å². The number of para-hydroxylation sites is 2. The SMILES string of the molecule is N#CC(OC(=O)CCC(=O)OC(C#N)c1cccc(Oc2ccccc2)c1)c1cccc(Oc2ccccc2)c1. The maximum absolute atomic E-state index is 12.4. The number of rotatable bonds is 11. The molecule has 0 N–H and O–H groups in total. The van der Waals surface area contributed by atoms with E-state index >= 15 is 0 Å². The summed E-state index contributed by atoms with van der Waals surface area (Å²) in [6.07, 6.45) is -3.04. The summed E-state index contributed by atoms with van der Waals surface area (Å²) < 4.78 is 22.1. The average Bonchev–Trinajstić information content (AvgIpc) is 2.99. The average molecular weight is 533 g/mol. The zero-order valence-corrected chi connectivity index (χ0v) is 21.3. The molecule has 0 saturated heterocycles. The molecule has 0 bridgehead atoms. The summed E-state index contributed by atoms with van der Waals surface area (Å²) >= 11 is 0. The minimum absolute atomic E-state index is 0.327. The molecule has 2 atom stereocenters. The molecule has 0 saturated carbocycles. The first-order valence-electron chi connectivity index (χ1n) is 12.4. The Labute approximate surface area is 231 Å². The van der Waals surface area contributed by atoms with Crippen LogP contribution < -0.4 is 9.47 Å². The predicted molar refractivity (Wildman–Crippen MR) is 144 cm³/mol. The third-order valence-electron chi connectivity index (χ3n) is 5.55. The van der Waals surface area contributed by atoms with Crippen LogP contribution in [0.5, 0.6) is 23.0 Å². The molecule has 4 aromatic carbocycles. The molecule has 4 aromatic rings. The highest BCUT2D eigenvalue weighted by atomic mass is 16.6. The lowest BCUT2D eigenvalue weighted by Crippen LogP contribution is -2.14. The molecule has 0 amide bonds. The fraction of sp³-hybridized carbons (Fsp3) is 0.125. The second-order valence-corrected chi connectivity index (χ2v) is 8.47. The number of hydrogen-bond acceptors (Lipinski definition) is 8. The van der Waals surface area contributed by atoms with Gasteiger partial charge in [0.25, 0.3) is 0 Å². The number of nitrogens with zero attached hydrogens (tertiary/aromatic N) is 2. The highest BCUT2D eigenvalue weighted by Gasteiger charge is 2.21. The zero-order chi connectivity index (χ0) is 28.2. The van der Waals surface area contributed by atoms with Gasteiger partial charge in [0.1, 0.15) is 35.1 Å². The van der Waals surface area contributed by atoms with Crippen LogP contribution in [0.25, 0.3) is 0 Å². The maximum atomic E-state index is 12.4. The molecule has 40 heavy (non-hydrogen) atoms. The van der Waals surface area contributed by atoms with E-state index in [1.54, 1.807) is 72.8 Å². The van der Waals surface area contributed by atoms with Gasteiger partial charge in [-0.05, 0) is 48.5 Å². The molecule has 198 valence electrons. The van der Waals surface area contributed by atoms with Crippen LogP contribution in [0.1, 0.15) is 36.2 Å². The first kappa shape index (κ1) is 27.4. The fourth-order valence-electron chi connectivity index (χ4n) is 3.65. The summed E-state index contributed by atoms with van der Waals surface area (Å²) in [6, 6.07) is 35.4. The van der Waals surface area contributed by atoms with Crippen molar-refractivity contribution in [2.45, 2.75) is 25.0 Å². The summed E-state index contributed by atoms with van der Waals surface area (Å²) in [5, 5.41) is 19.1. The normalized spacial score (nSPS) is 11.7. The minimum Gasteiger partial charge on any atom is -0.457 e. The van der Waals surface area contributed by atoms with Gasteiger partial charge < -0.3 is 18.9 Å². The Bertz CT molecular complexity index is 1410. The van der Waals surface area contributed by atoms with Crippen LogP contribution in [0, 0.1) is 22.7 Å². The van der Waals surface area contributed by atoms with Gasteiger partial charge >= 0.3 is 11.9 Å². The lowest BCUT2D eigenvalue weighted by molar-refractivity contribution is -0.153. The number of ether oxygens (including phenoxy) is 4. The van der Waals surface area contributed by atoms with Crippen molar-refractivity contribution in [3.8, 4) is 35.1 Å². The second kappa shape index (κ2) is 13.8. The van der Waals surface area contributed by atoms with E-state index in [1.807, 2.05) is 48.5 Å². The van der Waals surface area contributed by atoms with E-state index in [0.717, 1.165) is 0 Å². The number of benzene rings is 4. The summed E-state index contributed by atoms with van der Waals surface area (Å²) in [5.41, 5.74) is 0.850. The highest BCUT2D eigenvalue weighted by molar-refractivity contribution is 5.78. The Hall–Kier alpha value is -5.60. The molecule has 0 aromatic heterocycles. The molecule has 4 rings (SSSR count). The third-order valence-corrected chi connectivity index (χ3v) is 5.55. The third kappa shape index (κ3) is 7.95. The van der Waals surface area contributed by atoms with Crippen LogP contribution >= 0.6 is 0 Å². The lowest BCUT2D eigenvalue weighted by atomic mass is 10.1. The monoisotopic (exact) mass is 532 g/mol. The standard InChI is InChI=1S/C32H24N2O6/c33-21-29(23-9-7-15-27(19-23)37-25-11-3-1-4-12-25)39-31(35)17-18-32(36)40-30(22-34)24-10-8-16-28(20-24)38-26-13-5-2-6-14-26/h1-16,19-20,29-30H,17-18H2. The van der Waals surface area contributed by atoms with E-state index in [2.05, 4.69) is 0 Å². The van der Waals surface area contributed by atoms with E-state index in [4.69, 9.17) is 18.9 Å². The molecule has 0 fully saturated rings. The maximum Gasteiger partial charge on any atom is 0.308 e. The lowest BCUT2D eigenvalue weighted by Gasteiger charge is -2.14. The molecule has 8 heteroatoms. The van der Waals surface area contributed by atoms with Crippen LogP contribution in [0.2, 0.25) is 0 Å². The van der Waals surface area contributed by atoms with Gasteiger partial charge in [-0.3, -0.25) is 9.59 Å². The van der Waals surface area contributed by atoms with Crippen LogP contribution in [-0.4, -0.2) is 11.9 Å². The Morgan fingerprint density at radius 3 is 1.30 bits per heavy atom. The Morgan fingerprint density at radius 2 is 0.925 bits per heavy atom. The largest absolute Gasteiger partial charge is 0.457 e. The van der Waals surface area contributed by atoms with Crippen molar-refractivity contribution in [2.75, 3.05) is 0 Å². The van der Waals surface area contributed by atoms with Crippen molar-refractivity contribution in [2.24, 2.45) is 0 Å². The Kier molecular flexibility index (Phi) is 9.47. The Balaban J connectivity index is 1.30. The van der Waals surface area contributed by atoms with Crippen molar-refractivity contribution in [3.05, 3.63) is 120 Å². The highest BCUT2D eigenvalue weighted by Crippen LogP contribution is 2.28. The van der Waals surface area contributed by atoms with Crippen LogP contribution in [0.15, 0.2) is 109 Å². The number of nitriles is 2. The molecule has 8 nitrogen and oxygen atoms in total. The zero-order valence-electron chi connectivity index (χ0n) is 21.3. The van der Waals surface area contributed by atoms with Gasteiger partial charge in [-0.1, -0.05) is 60.7 Å². The molecule has 0 spiro atoms. The summed E-state index contributed by atoms with van der Waals surface area (Å²) in [5.74, 6) is 0.674. The summed E-state index contributed by atoms with van der Waals surface area (Å²) in [7, 11) is 0. The summed E-state index contributed by atoms with van der Waals surface area (Å²) in [4.78, 5) is 24.8. The van der Waals surface area contributed by atoms with Crippen molar-refractivity contribution in [1.82, 2.24) is 0 Å². The van der Waals surface area contributed by atoms with Gasteiger partial charge in [0.15, 0.2) is 0 Å². The number of carbonyl (C=O) groups is 2. The molecule has 0 aliphatic rings. The molecule has 0 heterocycles. The molecule has 0 aliphatic carbocycles. The second-order valence-electron chi connectivity index (χ2n) is 8.47. The van der Waals surface area contributed by atoms with E-state index in [9.17, 15) is 20.1 Å². The van der Waals surface area contributed by atoms with E-state index < -0.39 is 24.1 Å². The predicted octanol–water partition coefficient (Wildman–Crippen LogP) is 6.97. The molecular weight excluding hydrogens is 508 g/mol. The van der Waals surface area contributed by atoms with Gasteiger partial charge in [0, 0.05) is 11.1 Å². The smallest absolute Gasteiger partial charge is 0.308 e. The van der Waals surface area contributed by atoms with Gasteiger partial charge in [-0.15, -0.1) is 0 Å². The first-order valence-corrected chi connectivity index (χ1v) is 12.4. The minimum atomic E-state index is -1.19. The van der Waals surface area contributed by atoms with Crippen LogP contribution in [0.3, 0.4) is 0 Å². The van der Waals surface area contributed by atoms with Crippen LogP contribution in [0.4, 0.5) is 0 Å². The van der Waals surface area contributed by atoms with Crippen molar-refractivity contribution < 1.29 is 28.5 Å². The number of hydrogen-bond donors (Lipinski definition) is 0. The molecule has 0 radical (unpaired) electrons. The first-order chi connectivity index (χ1) is 19.5. The van der Waals surface area contributed by atoms with E-state index in [0.29, 0.717) is 34.1 Å². The van der Waals surface area contributed by atoms with Gasteiger partial charge in [0.2, 0.25) is 12.2 Å². The quantitative estimate of drug-likeness (QED) is 0.190.